The Morgan fingerprint density at radius 1 is 0.688 bits per heavy atom. The molecule has 1 nitrogen and oxygen atoms in total. The number of hydrogen-bond donors (Lipinski definition) is 0. The summed E-state index contributed by atoms with van der Waals surface area (Å²) < 4.78 is 0. The first-order valence-corrected chi connectivity index (χ1v) is 7.66. The second kappa shape index (κ2) is 13.3. The van der Waals surface area contributed by atoms with E-state index in [1.54, 1.807) is 0 Å². The van der Waals surface area contributed by atoms with E-state index in [4.69, 9.17) is 11.6 Å². The number of halogens is 1. The molecule has 0 aromatic rings. The van der Waals surface area contributed by atoms with E-state index in [-0.39, 0.29) is 0 Å². The van der Waals surface area contributed by atoms with Crippen LogP contribution in [0.4, 0.5) is 0 Å². The van der Waals surface area contributed by atoms with Crippen molar-refractivity contribution in [3.63, 3.8) is 0 Å². The van der Waals surface area contributed by atoms with Crippen molar-refractivity contribution in [2.24, 2.45) is 0 Å². The van der Waals surface area contributed by atoms with Crippen molar-refractivity contribution in [3.05, 3.63) is 0 Å². The Hall–Kier alpha value is 0.250. The minimum absolute atomic E-state index is 0.777. The maximum Gasteiger partial charge on any atom is 0.0351 e. The number of hydrogen-bond acceptors (Lipinski definition) is 1. The molecule has 0 aliphatic carbocycles. The van der Waals surface area contributed by atoms with Gasteiger partial charge in [0.05, 0.1) is 0 Å². The summed E-state index contributed by atoms with van der Waals surface area (Å²) in [4.78, 5) is 2.52. The highest BCUT2D eigenvalue weighted by Gasteiger charge is 2.02. The van der Waals surface area contributed by atoms with Crippen molar-refractivity contribution in [2.75, 3.05) is 25.5 Å². The fraction of sp³-hybridized carbons (Fsp3) is 1.00. The van der Waals surface area contributed by atoms with E-state index < -0.39 is 0 Å². The SMILES string of the molecule is CCCCCCCCN(CCCl)CCCC. The average molecular weight is 248 g/mol. The Kier molecular flexibility index (Phi) is 13.5. The molecule has 0 saturated carbocycles. The summed E-state index contributed by atoms with van der Waals surface area (Å²) in [6.45, 7) is 8.07. The molecule has 0 atom stereocenters. The van der Waals surface area contributed by atoms with Crippen molar-refractivity contribution >= 4 is 11.6 Å². The van der Waals surface area contributed by atoms with E-state index in [1.165, 1.54) is 64.5 Å². The number of rotatable bonds is 12. The molecule has 0 aliphatic heterocycles. The van der Waals surface area contributed by atoms with Crippen LogP contribution in [0.5, 0.6) is 0 Å². The van der Waals surface area contributed by atoms with Crippen LogP contribution < -0.4 is 0 Å². The van der Waals surface area contributed by atoms with Gasteiger partial charge in [0.2, 0.25) is 0 Å². The van der Waals surface area contributed by atoms with Gasteiger partial charge in [-0.25, -0.2) is 0 Å². The number of alkyl halides is 1. The van der Waals surface area contributed by atoms with Crippen molar-refractivity contribution in [2.45, 2.75) is 65.2 Å². The van der Waals surface area contributed by atoms with Gasteiger partial charge in [-0.05, 0) is 25.9 Å². The summed E-state index contributed by atoms with van der Waals surface area (Å²) in [5.41, 5.74) is 0. The topological polar surface area (TPSA) is 3.24 Å². The van der Waals surface area contributed by atoms with Gasteiger partial charge in [-0.15, -0.1) is 11.6 Å². The first kappa shape index (κ1) is 16.2. The summed E-state index contributed by atoms with van der Waals surface area (Å²) >= 11 is 5.81. The number of nitrogens with zero attached hydrogens (tertiary/aromatic N) is 1. The van der Waals surface area contributed by atoms with Gasteiger partial charge in [0.25, 0.3) is 0 Å². The smallest absolute Gasteiger partial charge is 0.0351 e. The minimum atomic E-state index is 0.777. The van der Waals surface area contributed by atoms with Gasteiger partial charge >= 0.3 is 0 Å². The van der Waals surface area contributed by atoms with Gasteiger partial charge in [-0.1, -0.05) is 52.4 Å². The predicted octanol–water partition coefficient (Wildman–Crippen LogP) is 4.69. The Balaban J connectivity index is 3.36. The van der Waals surface area contributed by atoms with E-state index >= 15 is 0 Å². The molecule has 0 fully saturated rings. The molecule has 0 aromatic heterocycles. The molecule has 16 heavy (non-hydrogen) atoms. The summed E-state index contributed by atoms with van der Waals surface area (Å²) in [5, 5.41) is 0. The first-order valence-electron chi connectivity index (χ1n) is 7.13. The third kappa shape index (κ3) is 10.8. The van der Waals surface area contributed by atoms with Gasteiger partial charge in [-0.3, -0.25) is 0 Å². The second-order valence-corrected chi connectivity index (χ2v) is 5.03. The third-order valence-electron chi connectivity index (χ3n) is 3.06. The Labute approximate surface area is 108 Å². The van der Waals surface area contributed by atoms with Crippen molar-refractivity contribution in [1.29, 1.82) is 0 Å². The monoisotopic (exact) mass is 247 g/mol. The molecule has 0 aromatic carbocycles. The van der Waals surface area contributed by atoms with Crippen LogP contribution >= 0.6 is 11.6 Å². The zero-order chi connectivity index (χ0) is 12.1. The van der Waals surface area contributed by atoms with Crippen LogP contribution in [-0.4, -0.2) is 30.4 Å². The highest BCUT2D eigenvalue weighted by molar-refractivity contribution is 6.18. The van der Waals surface area contributed by atoms with Crippen molar-refractivity contribution in [3.8, 4) is 0 Å². The zero-order valence-corrected chi connectivity index (χ0v) is 12.1. The molecule has 0 N–H and O–H groups in total. The molecule has 98 valence electrons. The van der Waals surface area contributed by atoms with Gasteiger partial charge in [0.15, 0.2) is 0 Å². The highest BCUT2D eigenvalue weighted by Crippen LogP contribution is 2.06. The van der Waals surface area contributed by atoms with Crippen LogP contribution in [-0.2, 0) is 0 Å². The third-order valence-corrected chi connectivity index (χ3v) is 3.23. The molecular formula is C14H30ClN. The highest BCUT2D eigenvalue weighted by atomic mass is 35.5. The van der Waals surface area contributed by atoms with Crippen molar-refractivity contribution < 1.29 is 0 Å². The van der Waals surface area contributed by atoms with E-state index in [1.807, 2.05) is 0 Å². The summed E-state index contributed by atoms with van der Waals surface area (Å²) in [7, 11) is 0. The van der Waals surface area contributed by atoms with Gasteiger partial charge in [-0.2, -0.15) is 0 Å². The van der Waals surface area contributed by atoms with Crippen LogP contribution in [0.25, 0.3) is 0 Å². The maximum atomic E-state index is 5.81. The average Bonchev–Trinajstić information content (AvgIpc) is 2.30. The largest absolute Gasteiger partial charge is 0.302 e. The van der Waals surface area contributed by atoms with Crippen LogP contribution in [0.2, 0.25) is 0 Å². The molecule has 0 amide bonds. The fourth-order valence-electron chi connectivity index (χ4n) is 1.95. The van der Waals surface area contributed by atoms with E-state index in [2.05, 4.69) is 18.7 Å². The van der Waals surface area contributed by atoms with E-state index in [0.29, 0.717) is 0 Å². The van der Waals surface area contributed by atoms with E-state index in [0.717, 1.165) is 12.4 Å². The van der Waals surface area contributed by atoms with Crippen LogP contribution in [0.15, 0.2) is 0 Å². The summed E-state index contributed by atoms with van der Waals surface area (Å²) in [5.74, 6) is 0.777. The molecule has 0 rings (SSSR count). The molecular weight excluding hydrogens is 218 g/mol. The Morgan fingerprint density at radius 3 is 1.88 bits per heavy atom. The quantitative estimate of drug-likeness (QED) is 0.357. The lowest BCUT2D eigenvalue weighted by atomic mass is 10.1. The predicted molar refractivity (Wildman–Crippen MR) is 75.4 cm³/mol. The maximum absolute atomic E-state index is 5.81. The molecule has 0 saturated heterocycles. The Morgan fingerprint density at radius 2 is 1.25 bits per heavy atom. The van der Waals surface area contributed by atoms with Crippen LogP contribution in [0, 0.1) is 0 Å². The van der Waals surface area contributed by atoms with Gasteiger partial charge < -0.3 is 4.90 Å². The molecule has 0 bridgehead atoms. The molecule has 2 heteroatoms. The molecule has 0 heterocycles. The number of unbranched alkanes of at least 4 members (excludes halogenated alkanes) is 6. The second-order valence-electron chi connectivity index (χ2n) is 4.65. The normalized spacial score (nSPS) is 11.2. The molecule has 0 radical (unpaired) electrons. The lowest BCUT2D eigenvalue weighted by Gasteiger charge is -2.20. The summed E-state index contributed by atoms with van der Waals surface area (Å²) in [6.07, 6.45) is 10.9. The lowest BCUT2D eigenvalue weighted by Crippen LogP contribution is -2.28. The van der Waals surface area contributed by atoms with Gasteiger partial charge in [0.1, 0.15) is 0 Å². The van der Waals surface area contributed by atoms with E-state index in [9.17, 15) is 0 Å². The Bertz CT molecular complexity index is 128. The lowest BCUT2D eigenvalue weighted by molar-refractivity contribution is 0.277. The minimum Gasteiger partial charge on any atom is -0.302 e. The zero-order valence-electron chi connectivity index (χ0n) is 11.3. The van der Waals surface area contributed by atoms with Gasteiger partial charge in [0, 0.05) is 12.4 Å². The molecule has 0 unspecified atom stereocenters. The summed E-state index contributed by atoms with van der Waals surface area (Å²) in [6, 6.07) is 0. The van der Waals surface area contributed by atoms with Crippen LogP contribution in [0.3, 0.4) is 0 Å². The molecule has 0 aliphatic rings. The fourth-order valence-corrected chi connectivity index (χ4v) is 2.19. The molecule has 0 spiro atoms. The van der Waals surface area contributed by atoms with Crippen molar-refractivity contribution in [1.82, 2.24) is 4.90 Å². The standard InChI is InChI=1S/C14H30ClN/c1-3-5-7-8-9-10-13-16(14-11-15)12-6-4-2/h3-14H2,1-2H3. The van der Waals surface area contributed by atoms with Crippen LogP contribution in [0.1, 0.15) is 65.2 Å². The first-order chi connectivity index (χ1) is 7.85.